The van der Waals surface area contributed by atoms with Crippen molar-refractivity contribution in [2.45, 2.75) is 64.2 Å². The van der Waals surface area contributed by atoms with Gasteiger partial charge in [0.05, 0.1) is 0 Å². The first-order valence-corrected chi connectivity index (χ1v) is 11.2. The van der Waals surface area contributed by atoms with Crippen molar-refractivity contribution in [3.8, 4) is 0 Å². The van der Waals surface area contributed by atoms with Crippen molar-refractivity contribution in [1.82, 2.24) is 5.01 Å². The van der Waals surface area contributed by atoms with Gasteiger partial charge in [-0.15, -0.1) is 12.6 Å². The smallest absolute Gasteiger partial charge is 0.137 e. The van der Waals surface area contributed by atoms with Crippen LogP contribution in [0.5, 0.6) is 0 Å². The Balaban J connectivity index is 0.00000218. The second-order valence-corrected chi connectivity index (χ2v) is 7.70. The molecule has 0 saturated carbocycles. The molecule has 0 aliphatic rings. The fourth-order valence-corrected chi connectivity index (χ4v) is 3.34. The highest BCUT2D eigenvalue weighted by atomic mass is 32.1. The summed E-state index contributed by atoms with van der Waals surface area (Å²) in [7, 11) is 0. The monoisotopic (exact) mass is 427 g/mol. The molecular weight excluding hydrogens is 390 g/mol. The summed E-state index contributed by atoms with van der Waals surface area (Å²) in [6.07, 6.45) is 4.21. The third kappa shape index (κ3) is 9.06. The van der Waals surface area contributed by atoms with Gasteiger partial charge in [0.25, 0.3) is 0 Å². The van der Waals surface area contributed by atoms with Crippen LogP contribution >= 0.6 is 12.6 Å². The molecule has 4 nitrogen and oxygen atoms in total. The quantitative estimate of drug-likeness (QED) is 0.271. The van der Waals surface area contributed by atoms with Crippen molar-refractivity contribution in [2.75, 3.05) is 6.54 Å². The zero-order chi connectivity index (χ0) is 22.5. The maximum absolute atomic E-state index is 12.7. The van der Waals surface area contributed by atoms with E-state index in [9.17, 15) is 4.79 Å². The van der Waals surface area contributed by atoms with Gasteiger partial charge in [-0.3, -0.25) is 4.79 Å². The van der Waals surface area contributed by atoms with Crippen LogP contribution in [0.1, 0.15) is 62.6 Å². The Morgan fingerprint density at radius 1 is 1.17 bits per heavy atom. The lowest BCUT2D eigenvalue weighted by Gasteiger charge is -2.19. The summed E-state index contributed by atoms with van der Waals surface area (Å²) in [5.74, 6) is 6.16. The molecule has 0 bridgehead atoms. The fraction of sp³-hybridized carbons (Fsp3) is 0.400. The number of hydrogen-bond acceptors (Lipinski definition) is 5. The number of Topliss-reactive ketones (excluding diaryl/α,β-unsaturated/α-hetero) is 1. The Morgan fingerprint density at radius 3 is 2.43 bits per heavy atom. The van der Waals surface area contributed by atoms with E-state index in [1.165, 1.54) is 0 Å². The molecule has 0 spiro atoms. The summed E-state index contributed by atoms with van der Waals surface area (Å²) in [6.45, 7) is 8.70. The van der Waals surface area contributed by atoms with Crippen LogP contribution in [0, 0.1) is 6.92 Å². The first-order chi connectivity index (χ1) is 14.4. The number of carbonyl (C=O) groups excluding carboxylic acids is 1. The van der Waals surface area contributed by atoms with Gasteiger partial charge in [-0.1, -0.05) is 56.3 Å². The average molecular weight is 428 g/mol. The van der Waals surface area contributed by atoms with Crippen LogP contribution in [0.4, 0.5) is 0 Å². The minimum absolute atomic E-state index is 0.114. The van der Waals surface area contributed by atoms with Crippen LogP contribution in [0.15, 0.2) is 65.3 Å². The van der Waals surface area contributed by atoms with Gasteiger partial charge in [0, 0.05) is 36.2 Å². The molecule has 0 amide bonds. The number of nitrogens with two attached hydrogens (primary N) is 2. The lowest BCUT2D eigenvalue weighted by Crippen LogP contribution is -2.26. The molecule has 1 atom stereocenters. The molecular formula is C25H37N3OS. The SMILES string of the molecule is CC.CCN(N)/C=C(\N)CCC(CC(=O)Cc1ccccc1)c1ccc(S)c(C)c1. The summed E-state index contributed by atoms with van der Waals surface area (Å²) in [6, 6.07) is 16.1. The van der Waals surface area contributed by atoms with E-state index in [0.29, 0.717) is 25.8 Å². The maximum atomic E-state index is 12.7. The van der Waals surface area contributed by atoms with Crippen LogP contribution in [-0.2, 0) is 11.2 Å². The number of nitrogens with zero attached hydrogens (tertiary/aromatic N) is 1. The molecule has 30 heavy (non-hydrogen) atoms. The van der Waals surface area contributed by atoms with Crippen LogP contribution in [0.25, 0.3) is 0 Å². The standard InChI is InChI=1S/C23H31N3OS.C2H6/c1-3-26(25)16-21(24)11-9-20(19-10-12-23(28)17(2)13-19)15-22(27)14-18-7-5-4-6-8-18;1-2/h4-8,10,12-13,16,20,28H,3,9,11,14-15,24-25H2,1-2H3;1-2H3/b21-16-;. The Bertz CT molecular complexity index is 805. The number of rotatable bonds is 10. The van der Waals surface area contributed by atoms with Gasteiger partial charge in [0.1, 0.15) is 5.78 Å². The molecule has 164 valence electrons. The van der Waals surface area contributed by atoms with Crippen molar-refractivity contribution in [1.29, 1.82) is 0 Å². The van der Waals surface area contributed by atoms with Gasteiger partial charge in [-0.2, -0.15) is 0 Å². The van der Waals surface area contributed by atoms with Crippen molar-refractivity contribution in [3.63, 3.8) is 0 Å². The minimum atomic E-state index is 0.114. The molecule has 4 N–H and O–H groups in total. The Kier molecular flexibility index (Phi) is 11.9. The van der Waals surface area contributed by atoms with Crippen LogP contribution in [-0.4, -0.2) is 17.3 Å². The van der Waals surface area contributed by atoms with Crippen molar-refractivity contribution in [2.24, 2.45) is 11.6 Å². The van der Waals surface area contributed by atoms with Gasteiger partial charge < -0.3 is 10.7 Å². The zero-order valence-electron chi connectivity index (χ0n) is 18.8. The summed E-state index contributed by atoms with van der Waals surface area (Å²) in [5.41, 5.74) is 10.2. The van der Waals surface area contributed by atoms with Crippen molar-refractivity contribution >= 4 is 18.4 Å². The van der Waals surface area contributed by atoms with Gasteiger partial charge in [-0.25, -0.2) is 5.84 Å². The number of ketones is 1. The van der Waals surface area contributed by atoms with Crippen LogP contribution < -0.4 is 11.6 Å². The van der Waals surface area contributed by atoms with Crippen LogP contribution in [0.3, 0.4) is 0 Å². The van der Waals surface area contributed by atoms with Crippen molar-refractivity contribution < 1.29 is 4.79 Å². The molecule has 0 heterocycles. The third-order valence-corrected chi connectivity index (χ3v) is 5.39. The molecule has 1 unspecified atom stereocenters. The Labute approximate surface area is 187 Å². The van der Waals surface area contributed by atoms with E-state index >= 15 is 0 Å². The van der Waals surface area contributed by atoms with E-state index < -0.39 is 0 Å². The van der Waals surface area contributed by atoms with Gasteiger partial charge >= 0.3 is 0 Å². The number of benzene rings is 2. The first kappa shape index (κ1) is 25.8. The summed E-state index contributed by atoms with van der Waals surface area (Å²) in [5, 5.41) is 1.57. The molecule has 2 rings (SSSR count). The van der Waals surface area contributed by atoms with E-state index in [0.717, 1.165) is 33.7 Å². The number of carbonyl (C=O) groups is 1. The molecule has 0 radical (unpaired) electrons. The number of allylic oxidation sites excluding steroid dienone is 1. The number of hydrogen-bond donors (Lipinski definition) is 3. The number of thiol groups is 1. The highest BCUT2D eigenvalue weighted by molar-refractivity contribution is 7.80. The number of aryl methyl sites for hydroxylation is 1. The minimum Gasteiger partial charge on any atom is -0.401 e. The van der Waals surface area contributed by atoms with Gasteiger partial charge in [0.15, 0.2) is 0 Å². The predicted molar refractivity (Wildman–Crippen MR) is 130 cm³/mol. The molecule has 0 saturated heterocycles. The highest BCUT2D eigenvalue weighted by Gasteiger charge is 2.17. The van der Waals surface area contributed by atoms with E-state index in [1.807, 2.05) is 64.1 Å². The normalized spacial score (nSPS) is 12.0. The molecule has 0 fully saturated rings. The topological polar surface area (TPSA) is 72.3 Å². The summed E-state index contributed by atoms with van der Waals surface area (Å²) < 4.78 is 0. The summed E-state index contributed by atoms with van der Waals surface area (Å²) >= 11 is 4.47. The average Bonchev–Trinajstić information content (AvgIpc) is 2.75. The first-order valence-electron chi connectivity index (χ1n) is 10.7. The molecule has 5 heteroatoms. The molecule has 2 aromatic rings. The molecule has 0 aliphatic heterocycles. The van der Waals surface area contributed by atoms with E-state index in [-0.39, 0.29) is 11.7 Å². The third-order valence-electron chi connectivity index (χ3n) is 4.89. The maximum Gasteiger partial charge on any atom is 0.137 e. The van der Waals surface area contributed by atoms with Gasteiger partial charge in [0.2, 0.25) is 0 Å². The lowest BCUT2D eigenvalue weighted by atomic mass is 9.87. The van der Waals surface area contributed by atoms with Crippen LogP contribution in [0.2, 0.25) is 0 Å². The summed E-state index contributed by atoms with van der Waals surface area (Å²) in [4.78, 5) is 13.7. The van der Waals surface area contributed by atoms with Gasteiger partial charge in [-0.05, 0) is 55.4 Å². The molecule has 0 aromatic heterocycles. The number of hydrazine groups is 1. The van der Waals surface area contributed by atoms with E-state index in [4.69, 9.17) is 11.6 Å². The second-order valence-electron chi connectivity index (χ2n) is 7.22. The molecule has 2 aromatic carbocycles. The van der Waals surface area contributed by atoms with Crippen molar-refractivity contribution in [3.05, 3.63) is 77.1 Å². The van der Waals surface area contributed by atoms with E-state index in [2.05, 4.69) is 24.8 Å². The largest absolute Gasteiger partial charge is 0.401 e. The zero-order valence-corrected chi connectivity index (χ0v) is 19.7. The molecule has 0 aliphatic carbocycles. The van der Waals surface area contributed by atoms with E-state index in [1.54, 1.807) is 11.2 Å². The lowest BCUT2D eigenvalue weighted by molar-refractivity contribution is -0.118. The Morgan fingerprint density at radius 2 is 1.83 bits per heavy atom. The highest BCUT2D eigenvalue weighted by Crippen LogP contribution is 2.29. The second kappa shape index (κ2) is 13.9. The Hall–Kier alpha value is -2.24. The predicted octanol–water partition coefficient (Wildman–Crippen LogP) is 5.37. The fourth-order valence-electron chi connectivity index (χ4n) is 3.20.